The van der Waals surface area contributed by atoms with Gasteiger partial charge >= 0.3 is 0 Å². The second-order valence-corrected chi connectivity index (χ2v) is 4.80. The largest absolute Gasteiger partial charge is 0.269 e. The van der Waals surface area contributed by atoms with E-state index in [1.807, 2.05) is 11.8 Å². The molecule has 0 amide bonds. The van der Waals surface area contributed by atoms with Crippen LogP contribution in [0.1, 0.15) is 23.9 Å². The Labute approximate surface area is 98.8 Å². The Kier molecular flexibility index (Phi) is 3.74. The Morgan fingerprint density at radius 3 is 3.25 bits per heavy atom. The standard InChI is InChI=1S/C10H15N5S/c1-2-15-10(3-5-12-14-11)8-7-16-6-4-9(8)13-15/h2-7H2,1H3. The van der Waals surface area contributed by atoms with Gasteiger partial charge < -0.3 is 0 Å². The van der Waals surface area contributed by atoms with E-state index in [1.54, 1.807) is 0 Å². The van der Waals surface area contributed by atoms with Crippen LogP contribution >= 0.6 is 11.8 Å². The summed E-state index contributed by atoms with van der Waals surface area (Å²) in [6, 6.07) is 0. The highest BCUT2D eigenvalue weighted by atomic mass is 32.2. The molecule has 0 aliphatic carbocycles. The third-order valence-corrected chi connectivity index (χ3v) is 3.78. The Morgan fingerprint density at radius 1 is 1.62 bits per heavy atom. The van der Waals surface area contributed by atoms with Gasteiger partial charge in [0.2, 0.25) is 0 Å². The first kappa shape index (κ1) is 11.4. The molecule has 1 aliphatic rings. The molecule has 0 spiro atoms. The highest BCUT2D eigenvalue weighted by Crippen LogP contribution is 2.27. The molecule has 0 fully saturated rings. The fourth-order valence-electron chi connectivity index (χ4n) is 2.04. The Hall–Kier alpha value is -1.13. The van der Waals surface area contributed by atoms with Crippen LogP contribution in [0.4, 0.5) is 0 Å². The van der Waals surface area contributed by atoms with Crippen LogP contribution in [-0.4, -0.2) is 22.1 Å². The summed E-state index contributed by atoms with van der Waals surface area (Å²) in [4.78, 5) is 2.79. The lowest BCUT2D eigenvalue weighted by Crippen LogP contribution is -2.05. The van der Waals surface area contributed by atoms with Crippen LogP contribution in [0.3, 0.4) is 0 Å². The summed E-state index contributed by atoms with van der Waals surface area (Å²) in [6.07, 6.45) is 1.88. The molecule has 2 rings (SSSR count). The number of hydrogen-bond donors (Lipinski definition) is 0. The molecule has 1 aromatic heterocycles. The molecule has 2 heterocycles. The molecule has 0 N–H and O–H groups in total. The summed E-state index contributed by atoms with van der Waals surface area (Å²) < 4.78 is 2.06. The zero-order valence-corrected chi connectivity index (χ0v) is 10.2. The van der Waals surface area contributed by atoms with Gasteiger partial charge in [-0.05, 0) is 24.6 Å². The number of azide groups is 1. The van der Waals surface area contributed by atoms with Gasteiger partial charge in [-0.2, -0.15) is 16.9 Å². The van der Waals surface area contributed by atoms with Crippen molar-refractivity contribution < 1.29 is 0 Å². The van der Waals surface area contributed by atoms with E-state index in [0.29, 0.717) is 6.54 Å². The lowest BCUT2D eigenvalue weighted by molar-refractivity contribution is 0.612. The third-order valence-electron chi connectivity index (χ3n) is 2.79. The van der Waals surface area contributed by atoms with Crippen molar-refractivity contribution in [1.29, 1.82) is 0 Å². The summed E-state index contributed by atoms with van der Waals surface area (Å²) in [5.41, 5.74) is 12.2. The molecule has 0 saturated heterocycles. The van der Waals surface area contributed by atoms with Crippen LogP contribution in [0, 0.1) is 0 Å². The van der Waals surface area contributed by atoms with Crippen LogP contribution in [0.15, 0.2) is 5.11 Å². The minimum absolute atomic E-state index is 0.527. The average Bonchev–Trinajstić information content (AvgIpc) is 2.68. The van der Waals surface area contributed by atoms with Crippen molar-refractivity contribution in [3.63, 3.8) is 0 Å². The van der Waals surface area contributed by atoms with Gasteiger partial charge in [-0.25, -0.2) is 0 Å². The second-order valence-electron chi connectivity index (χ2n) is 3.69. The first-order valence-corrected chi connectivity index (χ1v) is 6.68. The van der Waals surface area contributed by atoms with Crippen molar-refractivity contribution in [3.8, 4) is 0 Å². The maximum atomic E-state index is 8.29. The SMILES string of the molecule is CCn1nc2c(c1CCN=[N+]=[N-])CSCC2. The van der Waals surface area contributed by atoms with Crippen LogP contribution < -0.4 is 0 Å². The fraction of sp³-hybridized carbons (Fsp3) is 0.700. The highest BCUT2D eigenvalue weighted by molar-refractivity contribution is 7.98. The van der Waals surface area contributed by atoms with Crippen molar-refractivity contribution in [2.75, 3.05) is 12.3 Å². The molecule has 5 nitrogen and oxygen atoms in total. The maximum Gasteiger partial charge on any atom is 0.0676 e. The summed E-state index contributed by atoms with van der Waals surface area (Å²) in [7, 11) is 0. The van der Waals surface area contributed by atoms with Crippen LogP contribution in [-0.2, 0) is 25.1 Å². The number of fused-ring (bicyclic) bond motifs is 1. The monoisotopic (exact) mass is 237 g/mol. The molecule has 0 bridgehead atoms. The number of rotatable bonds is 4. The van der Waals surface area contributed by atoms with Gasteiger partial charge in [-0.15, -0.1) is 0 Å². The molecule has 1 aromatic rings. The van der Waals surface area contributed by atoms with Crippen molar-refractivity contribution in [2.24, 2.45) is 5.11 Å². The Bertz CT molecular complexity index is 419. The molecular formula is C10H15N5S. The topological polar surface area (TPSA) is 66.6 Å². The molecule has 0 atom stereocenters. The quantitative estimate of drug-likeness (QED) is 0.459. The highest BCUT2D eigenvalue weighted by Gasteiger charge is 2.19. The van der Waals surface area contributed by atoms with E-state index >= 15 is 0 Å². The zero-order chi connectivity index (χ0) is 11.4. The van der Waals surface area contributed by atoms with Crippen LogP contribution in [0.25, 0.3) is 10.4 Å². The molecule has 86 valence electrons. The number of nitrogens with zero attached hydrogens (tertiary/aromatic N) is 5. The Balaban J connectivity index is 2.25. The summed E-state index contributed by atoms with van der Waals surface area (Å²) in [6.45, 7) is 3.52. The summed E-state index contributed by atoms with van der Waals surface area (Å²) in [5.74, 6) is 2.23. The minimum atomic E-state index is 0.527. The number of aryl methyl sites for hydroxylation is 2. The molecular weight excluding hydrogens is 222 g/mol. The number of hydrogen-bond acceptors (Lipinski definition) is 3. The van der Waals surface area contributed by atoms with Gasteiger partial charge in [0.25, 0.3) is 0 Å². The van der Waals surface area contributed by atoms with Gasteiger partial charge in [0.1, 0.15) is 0 Å². The predicted molar refractivity (Wildman–Crippen MR) is 65.5 cm³/mol. The van der Waals surface area contributed by atoms with Crippen molar-refractivity contribution in [3.05, 3.63) is 27.4 Å². The van der Waals surface area contributed by atoms with Crippen LogP contribution in [0.2, 0.25) is 0 Å². The summed E-state index contributed by atoms with van der Waals surface area (Å²) >= 11 is 1.96. The number of aromatic nitrogens is 2. The van der Waals surface area contributed by atoms with E-state index in [0.717, 1.165) is 25.1 Å². The first-order valence-electron chi connectivity index (χ1n) is 5.52. The zero-order valence-electron chi connectivity index (χ0n) is 9.39. The summed E-state index contributed by atoms with van der Waals surface area (Å²) in [5, 5.41) is 8.22. The number of thioether (sulfide) groups is 1. The maximum absolute atomic E-state index is 8.29. The van der Waals surface area contributed by atoms with Crippen molar-refractivity contribution in [2.45, 2.75) is 32.1 Å². The van der Waals surface area contributed by atoms with E-state index in [1.165, 1.54) is 22.7 Å². The lowest BCUT2D eigenvalue weighted by atomic mass is 10.1. The first-order chi connectivity index (χ1) is 7.86. The smallest absolute Gasteiger partial charge is 0.0676 e. The Morgan fingerprint density at radius 2 is 2.50 bits per heavy atom. The van der Waals surface area contributed by atoms with Gasteiger partial charge in [0.05, 0.1) is 5.69 Å². The average molecular weight is 237 g/mol. The van der Waals surface area contributed by atoms with E-state index in [9.17, 15) is 0 Å². The predicted octanol–water partition coefficient (Wildman–Crippen LogP) is 2.55. The van der Waals surface area contributed by atoms with E-state index in [4.69, 9.17) is 5.53 Å². The normalized spacial score (nSPS) is 14.3. The second kappa shape index (κ2) is 5.27. The van der Waals surface area contributed by atoms with Crippen LogP contribution in [0.5, 0.6) is 0 Å². The van der Waals surface area contributed by atoms with E-state index < -0.39 is 0 Å². The van der Waals surface area contributed by atoms with Gasteiger partial charge in [0.15, 0.2) is 0 Å². The van der Waals surface area contributed by atoms with E-state index in [-0.39, 0.29) is 0 Å². The minimum Gasteiger partial charge on any atom is -0.269 e. The van der Waals surface area contributed by atoms with E-state index in [2.05, 4.69) is 26.7 Å². The molecule has 0 aromatic carbocycles. The lowest BCUT2D eigenvalue weighted by Gasteiger charge is -2.10. The fourth-order valence-corrected chi connectivity index (χ4v) is 3.06. The van der Waals surface area contributed by atoms with Crippen molar-refractivity contribution >= 4 is 11.8 Å². The van der Waals surface area contributed by atoms with Crippen molar-refractivity contribution in [1.82, 2.24) is 9.78 Å². The molecule has 0 radical (unpaired) electrons. The molecule has 16 heavy (non-hydrogen) atoms. The molecule has 6 heteroatoms. The molecule has 0 unspecified atom stereocenters. The molecule has 1 aliphatic heterocycles. The van der Waals surface area contributed by atoms with Gasteiger partial charge in [-0.3, -0.25) is 4.68 Å². The third kappa shape index (κ3) is 2.18. The van der Waals surface area contributed by atoms with Gasteiger partial charge in [-0.1, -0.05) is 5.11 Å². The van der Waals surface area contributed by atoms with Gasteiger partial charge in [0, 0.05) is 41.4 Å². The molecule has 0 saturated carbocycles.